The zero-order chi connectivity index (χ0) is 19.0. The van der Waals surface area contributed by atoms with Crippen molar-refractivity contribution < 1.29 is 0 Å². The highest BCUT2D eigenvalue weighted by Crippen LogP contribution is 2.04. The van der Waals surface area contributed by atoms with Gasteiger partial charge in [-0.25, -0.2) is 0 Å². The normalized spacial score (nSPS) is 12.8. The molecule has 0 amide bonds. The van der Waals surface area contributed by atoms with Crippen LogP contribution in [0.25, 0.3) is 10.9 Å². The molecule has 4 rings (SSSR count). The van der Waals surface area contributed by atoms with Crippen LogP contribution in [0.3, 0.4) is 0 Å². The Labute approximate surface area is 151 Å². The van der Waals surface area contributed by atoms with E-state index in [0.29, 0.717) is 22.5 Å². The van der Waals surface area contributed by atoms with E-state index in [1.807, 2.05) is 0 Å². The van der Waals surface area contributed by atoms with Crippen LogP contribution in [0.1, 0.15) is 0 Å². The Kier molecular flexibility index (Phi) is 3.88. The van der Waals surface area contributed by atoms with E-state index in [1.165, 1.54) is 0 Å². The summed E-state index contributed by atoms with van der Waals surface area (Å²) in [5.41, 5.74) is 4.41. The molecule has 11 nitrogen and oxygen atoms in total. The second-order valence-corrected chi connectivity index (χ2v) is 5.75. The molecule has 0 radical (unpaired) electrons. The first-order valence-corrected chi connectivity index (χ1v) is 7.97. The minimum Gasteiger partial charge on any atom is -0.359 e. The summed E-state index contributed by atoms with van der Waals surface area (Å²) in [6, 6.07) is 5.06. The molecule has 4 aromatic rings. The van der Waals surface area contributed by atoms with E-state index in [-0.39, 0.29) is 10.7 Å². The highest BCUT2D eigenvalue weighted by Gasteiger charge is 2.11. The van der Waals surface area contributed by atoms with Gasteiger partial charge < -0.3 is 4.98 Å². The van der Waals surface area contributed by atoms with Crippen molar-refractivity contribution in [3.8, 4) is 0 Å². The van der Waals surface area contributed by atoms with Crippen molar-refractivity contribution in [2.75, 3.05) is 10.9 Å². The Morgan fingerprint density at radius 2 is 1.44 bits per heavy atom. The summed E-state index contributed by atoms with van der Waals surface area (Å²) in [5, 5.41) is 16.7. The summed E-state index contributed by atoms with van der Waals surface area (Å²) >= 11 is 0. The fourth-order valence-electron chi connectivity index (χ4n) is 2.62. The molecule has 3 heterocycles. The predicted octanol–water partition coefficient (Wildman–Crippen LogP) is -0.913. The highest BCUT2D eigenvalue weighted by atomic mass is 16.2. The number of fused-ring (bicyclic) bond motifs is 1. The van der Waals surface area contributed by atoms with E-state index in [1.54, 1.807) is 60.2 Å². The van der Waals surface area contributed by atoms with E-state index in [4.69, 9.17) is 0 Å². The third-order valence-corrected chi connectivity index (χ3v) is 4.08. The van der Waals surface area contributed by atoms with Gasteiger partial charge in [0, 0.05) is 37.8 Å². The predicted molar refractivity (Wildman–Crippen MR) is 98.0 cm³/mol. The first kappa shape index (κ1) is 16.4. The second-order valence-electron chi connectivity index (χ2n) is 5.75. The third kappa shape index (κ3) is 2.80. The first-order valence-electron chi connectivity index (χ1n) is 7.97. The van der Waals surface area contributed by atoms with Gasteiger partial charge in [-0.2, -0.15) is 20.4 Å². The number of anilines is 2. The summed E-state index contributed by atoms with van der Waals surface area (Å²) in [7, 11) is 3.46. The van der Waals surface area contributed by atoms with Crippen LogP contribution in [0.5, 0.6) is 0 Å². The molecule has 0 aliphatic heterocycles. The van der Waals surface area contributed by atoms with Gasteiger partial charge in [0.05, 0.1) is 17.9 Å². The minimum absolute atomic E-state index is 0.0110. The molecule has 0 atom stereocenters. The van der Waals surface area contributed by atoms with Crippen LogP contribution < -0.4 is 32.4 Å². The van der Waals surface area contributed by atoms with E-state index in [0.717, 1.165) is 0 Å². The van der Waals surface area contributed by atoms with Gasteiger partial charge in [-0.3, -0.25) is 29.8 Å². The number of H-pyrrole nitrogens is 1. The van der Waals surface area contributed by atoms with Crippen molar-refractivity contribution in [3.63, 3.8) is 0 Å². The average molecular weight is 365 g/mol. The Hall–Kier alpha value is -4.02. The maximum Gasteiger partial charge on any atom is 0.257 e. The standard InChI is InChI=1S/C16H15N9O2/c1-24-10(4-7-18-24)20-22-13-9-3-6-17-12(9)14(16(27)15(13)26)23-21-11-5-8-19-25(11)2/h3-8,17,20-21H,1-2H3/b22-13+,23-14-. The number of nitrogens with one attached hydrogen (secondary N) is 3. The van der Waals surface area contributed by atoms with E-state index in [2.05, 4.69) is 36.2 Å². The minimum atomic E-state index is -0.759. The molecule has 0 saturated heterocycles. The number of benzene rings is 1. The molecule has 11 heteroatoms. The van der Waals surface area contributed by atoms with Crippen LogP contribution in [0, 0.1) is 0 Å². The zero-order valence-corrected chi connectivity index (χ0v) is 14.5. The summed E-state index contributed by atoms with van der Waals surface area (Å²) in [5.74, 6) is 1.16. The fraction of sp³-hybridized carbons (Fsp3) is 0.125. The Bertz CT molecular complexity index is 1250. The smallest absolute Gasteiger partial charge is 0.257 e. The van der Waals surface area contributed by atoms with Crippen LogP contribution in [0.15, 0.2) is 56.6 Å². The fourth-order valence-corrected chi connectivity index (χ4v) is 2.62. The molecular formula is C16H15N9O2. The Morgan fingerprint density at radius 3 is 2.00 bits per heavy atom. The van der Waals surface area contributed by atoms with E-state index < -0.39 is 10.9 Å². The molecule has 3 N–H and O–H groups in total. The molecule has 0 fully saturated rings. The van der Waals surface area contributed by atoms with Crippen LogP contribution in [-0.2, 0) is 14.1 Å². The quantitative estimate of drug-likeness (QED) is 0.316. The molecule has 136 valence electrons. The molecule has 0 bridgehead atoms. The molecule has 0 saturated carbocycles. The third-order valence-electron chi connectivity index (χ3n) is 4.08. The number of hydrogen-bond donors (Lipinski definition) is 3. The lowest BCUT2D eigenvalue weighted by Crippen LogP contribution is -2.48. The number of aryl methyl sites for hydroxylation is 2. The van der Waals surface area contributed by atoms with E-state index >= 15 is 0 Å². The lowest BCUT2D eigenvalue weighted by atomic mass is 10.2. The van der Waals surface area contributed by atoms with Gasteiger partial charge in [-0.05, 0) is 6.07 Å². The van der Waals surface area contributed by atoms with Gasteiger partial charge in [0.25, 0.3) is 10.9 Å². The average Bonchev–Trinajstić information content (AvgIpc) is 3.38. The van der Waals surface area contributed by atoms with Crippen molar-refractivity contribution in [1.82, 2.24) is 24.5 Å². The summed E-state index contributed by atoms with van der Waals surface area (Å²) in [6.07, 6.45) is 4.80. The molecule has 27 heavy (non-hydrogen) atoms. The molecule has 0 aliphatic rings. The van der Waals surface area contributed by atoms with Crippen LogP contribution in [0.2, 0.25) is 0 Å². The van der Waals surface area contributed by atoms with Crippen molar-refractivity contribution >= 4 is 22.5 Å². The number of aromatic nitrogens is 5. The van der Waals surface area contributed by atoms with Gasteiger partial charge in [0.2, 0.25) is 0 Å². The largest absolute Gasteiger partial charge is 0.359 e. The number of aromatic amines is 1. The Balaban J connectivity index is 1.87. The monoisotopic (exact) mass is 365 g/mol. The van der Waals surface area contributed by atoms with E-state index in [9.17, 15) is 9.59 Å². The van der Waals surface area contributed by atoms with Gasteiger partial charge in [-0.1, -0.05) is 0 Å². The maximum atomic E-state index is 12.6. The molecule has 0 spiro atoms. The van der Waals surface area contributed by atoms with Gasteiger partial charge in [-0.15, -0.1) is 0 Å². The van der Waals surface area contributed by atoms with Crippen molar-refractivity contribution in [2.24, 2.45) is 24.3 Å². The molecule has 0 aliphatic carbocycles. The van der Waals surface area contributed by atoms with Crippen molar-refractivity contribution in [3.05, 3.63) is 68.0 Å². The van der Waals surface area contributed by atoms with Crippen LogP contribution in [-0.4, -0.2) is 24.5 Å². The number of hydrogen-bond acceptors (Lipinski definition) is 8. The highest BCUT2D eigenvalue weighted by molar-refractivity contribution is 5.78. The SMILES string of the molecule is Cn1nccc1N/N=c1\c(=O)c(=O)/c(=N/Nc2ccnn2C)c2cc[nH]c12. The molecule has 1 aromatic carbocycles. The lowest BCUT2D eigenvalue weighted by Gasteiger charge is -2.00. The topological polar surface area (TPSA) is 134 Å². The van der Waals surface area contributed by atoms with Gasteiger partial charge >= 0.3 is 0 Å². The summed E-state index contributed by atoms with van der Waals surface area (Å²) in [4.78, 5) is 28.1. The molecule has 3 aromatic heterocycles. The lowest BCUT2D eigenvalue weighted by molar-refractivity contribution is 0.770. The zero-order valence-electron chi connectivity index (χ0n) is 14.5. The summed E-state index contributed by atoms with van der Waals surface area (Å²) < 4.78 is 3.11. The maximum absolute atomic E-state index is 12.6. The number of rotatable bonds is 4. The van der Waals surface area contributed by atoms with Gasteiger partial charge in [0.1, 0.15) is 17.0 Å². The van der Waals surface area contributed by atoms with Crippen molar-refractivity contribution in [1.29, 1.82) is 0 Å². The molecule has 0 unspecified atom stereocenters. The molecular weight excluding hydrogens is 350 g/mol. The van der Waals surface area contributed by atoms with Gasteiger partial charge in [0.15, 0.2) is 5.36 Å². The van der Waals surface area contributed by atoms with Crippen LogP contribution in [0.4, 0.5) is 11.6 Å². The van der Waals surface area contributed by atoms with Crippen LogP contribution >= 0.6 is 0 Å². The second kappa shape index (κ2) is 6.37. The first-order chi connectivity index (χ1) is 13.1. The Morgan fingerprint density at radius 1 is 0.889 bits per heavy atom. The summed E-state index contributed by atoms with van der Waals surface area (Å²) in [6.45, 7) is 0. The van der Waals surface area contributed by atoms with Crippen molar-refractivity contribution in [2.45, 2.75) is 0 Å². The number of nitrogens with zero attached hydrogens (tertiary/aromatic N) is 6.